The van der Waals surface area contributed by atoms with Gasteiger partial charge in [-0.05, 0) is 32.1 Å². The van der Waals surface area contributed by atoms with E-state index in [0.717, 1.165) is 12.3 Å². The maximum absolute atomic E-state index is 11.1. The number of ether oxygens (including phenoxy) is 2. The zero-order valence-corrected chi connectivity index (χ0v) is 10.3. The average Bonchev–Trinajstić information content (AvgIpc) is 3.00. The Kier molecular flexibility index (Phi) is 3.53. The number of methoxy groups -OCH3 is 1. The van der Waals surface area contributed by atoms with Gasteiger partial charge in [0.15, 0.2) is 0 Å². The first kappa shape index (κ1) is 11.9. The van der Waals surface area contributed by atoms with Crippen molar-refractivity contribution >= 4 is 5.97 Å². The molecule has 16 heavy (non-hydrogen) atoms. The minimum atomic E-state index is -0.126. The van der Waals surface area contributed by atoms with Gasteiger partial charge in [-0.1, -0.05) is 19.3 Å². The summed E-state index contributed by atoms with van der Waals surface area (Å²) in [5.41, 5.74) is -0.0454. The summed E-state index contributed by atoms with van der Waals surface area (Å²) in [7, 11) is 1.44. The molecule has 0 aromatic rings. The predicted molar refractivity (Wildman–Crippen MR) is 61.1 cm³/mol. The van der Waals surface area contributed by atoms with Crippen LogP contribution in [0.25, 0.3) is 0 Å². The number of carbonyl (C=O) groups excluding carboxylic acids is 1. The SMILES string of the molecule is COC(=O)CCC1(C)OC1C1CCCCC1. The number of rotatable bonds is 4. The van der Waals surface area contributed by atoms with Gasteiger partial charge in [-0.2, -0.15) is 0 Å². The fourth-order valence-electron chi connectivity index (χ4n) is 2.94. The highest BCUT2D eigenvalue weighted by Gasteiger charge is 2.55. The molecule has 1 saturated carbocycles. The standard InChI is InChI=1S/C13H22O3/c1-13(9-8-11(14)15-2)12(16-13)10-6-4-3-5-7-10/h10,12H,3-9H2,1-2H3. The van der Waals surface area contributed by atoms with Crippen LogP contribution in [-0.4, -0.2) is 24.8 Å². The van der Waals surface area contributed by atoms with Crippen LogP contribution in [0.1, 0.15) is 51.9 Å². The Labute approximate surface area is 97.5 Å². The lowest BCUT2D eigenvalue weighted by molar-refractivity contribution is -0.141. The van der Waals surface area contributed by atoms with Gasteiger partial charge in [0.2, 0.25) is 0 Å². The first-order valence-corrected chi connectivity index (χ1v) is 6.40. The Morgan fingerprint density at radius 3 is 2.69 bits per heavy atom. The zero-order valence-electron chi connectivity index (χ0n) is 10.3. The predicted octanol–water partition coefficient (Wildman–Crippen LogP) is 2.68. The number of epoxide rings is 1. The van der Waals surface area contributed by atoms with Crippen molar-refractivity contribution in [2.45, 2.75) is 63.6 Å². The molecule has 2 atom stereocenters. The lowest BCUT2D eigenvalue weighted by atomic mass is 9.82. The van der Waals surface area contributed by atoms with E-state index in [-0.39, 0.29) is 11.6 Å². The third-order valence-corrected chi connectivity index (χ3v) is 4.07. The average molecular weight is 226 g/mol. The molecule has 0 radical (unpaired) electrons. The van der Waals surface area contributed by atoms with Crippen molar-refractivity contribution in [2.75, 3.05) is 7.11 Å². The van der Waals surface area contributed by atoms with E-state index >= 15 is 0 Å². The lowest BCUT2D eigenvalue weighted by Crippen LogP contribution is -2.21. The molecule has 1 aliphatic carbocycles. The second-order valence-electron chi connectivity index (χ2n) is 5.33. The largest absolute Gasteiger partial charge is 0.469 e. The van der Waals surface area contributed by atoms with Crippen molar-refractivity contribution in [3.8, 4) is 0 Å². The summed E-state index contributed by atoms with van der Waals surface area (Å²) in [5.74, 6) is 0.607. The van der Waals surface area contributed by atoms with Crippen LogP contribution in [0.15, 0.2) is 0 Å². The van der Waals surface area contributed by atoms with Crippen LogP contribution in [0, 0.1) is 5.92 Å². The molecule has 2 rings (SSSR count). The first-order chi connectivity index (χ1) is 7.65. The Balaban J connectivity index is 1.76. The van der Waals surface area contributed by atoms with E-state index in [9.17, 15) is 4.79 Å². The Morgan fingerprint density at radius 2 is 2.06 bits per heavy atom. The van der Waals surface area contributed by atoms with E-state index in [1.54, 1.807) is 0 Å². The van der Waals surface area contributed by atoms with Gasteiger partial charge < -0.3 is 9.47 Å². The number of carbonyl (C=O) groups is 1. The molecule has 92 valence electrons. The second-order valence-corrected chi connectivity index (χ2v) is 5.33. The van der Waals surface area contributed by atoms with Crippen LogP contribution >= 0.6 is 0 Å². The van der Waals surface area contributed by atoms with Crippen LogP contribution in [0.4, 0.5) is 0 Å². The molecular formula is C13H22O3. The van der Waals surface area contributed by atoms with Crippen LogP contribution in [0.5, 0.6) is 0 Å². The minimum Gasteiger partial charge on any atom is -0.469 e. The topological polar surface area (TPSA) is 38.8 Å². The molecule has 0 spiro atoms. The quantitative estimate of drug-likeness (QED) is 0.546. The third kappa shape index (κ3) is 2.57. The molecule has 2 fully saturated rings. The molecule has 0 aromatic heterocycles. The molecule has 2 aliphatic rings. The monoisotopic (exact) mass is 226 g/mol. The van der Waals surface area contributed by atoms with Gasteiger partial charge in [-0.3, -0.25) is 4.79 Å². The minimum absolute atomic E-state index is 0.0454. The maximum Gasteiger partial charge on any atom is 0.305 e. The van der Waals surface area contributed by atoms with Crippen LogP contribution < -0.4 is 0 Å². The van der Waals surface area contributed by atoms with Gasteiger partial charge in [0.05, 0.1) is 18.8 Å². The highest BCUT2D eigenvalue weighted by molar-refractivity contribution is 5.69. The van der Waals surface area contributed by atoms with Gasteiger partial charge in [0.1, 0.15) is 0 Å². The smallest absolute Gasteiger partial charge is 0.305 e. The van der Waals surface area contributed by atoms with E-state index < -0.39 is 0 Å². The Morgan fingerprint density at radius 1 is 1.38 bits per heavy atom. The van der Waals surface area contributed by atoms with Crippen molar-refractivity contribution in [1.82, 2.24) is 0 Å². The van der Waals surface area contributed by atoms with Crippen LogP contribution in [0.2, 0.25) is 0 Å². The molecule has 2 unspecified atom stereocenters. The number of hydrogen-bond acceptors (Lipinski definition) is 3. The Hall–Kier alpha value is -0.570. The van der Waals surface area contributed by atoms with E-state index in [4.69, 9.17) is 4.74 Å². The fraction of sp³-hybridized carbons (Fsp3) is 0.923. The van der Waals surface area contributed by atoms with Crippen molar-refractivity contribution in [3.63, 3.8) is 0 Å². The van der Waals surface area contributed by atoms with Gasteiger partial charge in [0, 0.05) is 6.42 Å². The summed E-state index contributed by atoms with van der Waals surface area (Å²) < 4.78 is 10.5. The molecule has 0 bridgehead atoms. The molecule has 0 aromatic carbocycles. The summed E-state index contributed by atoms with van der Waals surface area (Å²) in [6.45, 7) is 2.13. The van der Waals surface area contributed by atoms with E-state index in [0.29, 0.717) is 12.5 Å². The van der Waals surface area contributed by atoms with E-state index in [1.165, 1.54) is 39.2 Å². The normalized spacial score (nSPS) is 34.8. The molecule has 1 aliphatic heterocycles. The zero-order chi connectivity index (χ0) is 11.6. The highest BCUT2D eigenvalue weighted by Crippen LogP contribution is 2.48. The van der Waals surface area contributed by atoms with E-state index in [2.05, 4.69) is 11.7 Å². The molecule has 1 heterocycles. The van der Waals surface area contributed by atoms with Crippen molar-refractivity contribution in [3.05, 3.63) is 0 Å². The van der Waals surface area contributed by atoms with Crippen molar-refractivity contribution in [2.24, 2.45) is 5.92 Å². The van der Waals surface area contributed by atoms with E-state index in [1.807, 2.05) is 0 Å². The van der Waals surface area contributed by atoms with Gasteiger partial charge in [-0.15, -0.1) is 0 Å². The van der Waals surface area contributed by atoms with Crippen molar-refractivity contribution < 1.29 is 14.3 Å². The van der Waals surface area contributed by atoms with Crippen LogP contribution in [0.3, 0.4) is 0 Å². The summed E-state index contributed by atoms with van der Waals surface area (Å²) in [6.07, 6.45) is 8.36. The number of hydrogen-bond donors (Lipinski definition) is 0. The molecule has 1 saturated heterocycles. The highest BCUT2D eigenvalue weighted by atomic mass is 16.6. The molecule has 3 heteroatoms. The second kappa shape index (κ2) is 4.74. The summed E-state index contributed by atoms with van der Waals surface area (Å²) in [6, 6.07) is 0. The maximum atomic E-state index is 11.1. The van der Waals surface area contributed by atoms with Gasteiger partial charge >= 0.3 is 5.97 Å². The summed E-state index contributed by atoms with van der Waals surface area (Å²) in [4.78, 5) is 11.1. The first-order valence-electron chi connectivity index (χ1n) is 6.40. The Bertz CT molecular complexity index is 258. The molecule has 3 nitrogen and oxygen atoms in total. The van der Waals surface area contributed by atoms with Crippen LogP contribution in [-0.2, 0) is 14.3 Å². The van der Waals surface area contributed by atoms with Gasteiger partial charge in [0.25, 0.3) is 0 Å². The summed E-state index contributed by atoms with van der Waals surface area (Å²) in [5, 5.41) is 0. The van der Waals surface area contributed by atoms with Crippen molar-refractivity contribution in [1.29, 1.82) is 0 Å². The fourth-order valence-corrected chi connectivity index (χ4v) is 2.94. The van der Waals surface area contributed by atoms with Gasteiger partial charge in [-0.25, -0.2) is 0 Å². The molecule has 0 N–H and O–H groups in total. The molecular weight excluding hydrogens is 204 g/mol. The molecule has 0 amide bonds. The lowest BCUT2D eigenvalue weighted by Gasteiger charge is -2.20. The summed E-state index contributed by atoms with van der Waals surface area (Å²) >= 11 is 0. The number of esters is 1. The third-order valence-electron chi connectivity index (χ3n) is 4.07.